The first-order chi connectivity index (χ1) is 12.2. The fourth-order valence-electron chi connectivity index (χ4n) is 3.31. The molecule has 1 aliphatic rings. The Morgan fingerprint density at radius 2 is 1.88 bits per heavy atom. The third-order valence-corrected chi connectivity index (χ3v) is 4.81. The quantitative estimate of drug-likeness (QED) is 0.861. The number of aliphatic hydroxyl groups excluding tert-OH is 1. The molecule has 6 heteroatoms. The van der Waals surface area contributed by atoms with Crippen LogP contribution in [0.1, 0.15) is 18.1 Å². The molecule has 0 radical (unpaired) electrons. The van der Waals surface area contributed by atoms with Crippen LogP contribution in [0.15, 0.2) is 42.7 Å². The predicted octanol–water partition coefficient (Wildman–Crippen LogP) is 1.36. The number of benzene rings is 1. The van der Waals surface area contributed by atoms with E-state index in [1.54, 1.807) is 6.20 Å². The van der Waals surface area contributed by atoms with E-state index in [1.165, 1.54) is 0 Å². The summed E-state index contributed by atoms with van der Waals surface area (Å²) < 4.78 is 1.81. The zero-order valence-corrected chi connectivity index (χ0v) is 14.7. The van der Waals surface area contributed by atoms with Gasteiger partial charge >= 0.3 is 0 Å². The lowest BCUT2D eigenvalue weighted by molar-refractivity contribution is -0.137. The van der Waals surface area contributed by atoms with E-state index in [9.17, 15) is 9.90 Å². The molecule has 0 unspecified atom stereocenters. The molecule has 2 aromatic rings. The normalized spacial score (nSPS) is 16.8. The summed E-state index contributed by atoms with van der Waals surface area (Å²) >= 11 is 0. The van der Waals surface area contributed by atoms with Gasteiger partial charge in [0, 0.05) is 45.1 Å². The van der Waals surface area contributed by atoms with Crippen molar-refractivity contribution >= 4 is 5.91 Å². The van der Waals surface area contributed by atoms with Gasteiger partial charge in [-0.1, -0.05) is 31.2 Å². The number of aliphatic hydroxyl groups is 1. The van der Waals surface area contributed by atoms with E-state index < -0.39 is 0 Å². The monoisotopic (exact) mass is 342 g/mol. The molecule has 1 fully saturated rings. The molecule has 3 rings (SSSR count). The Morgan fingerprint density at radius 1 is 1.16 bits per heavy atom. The SMILES string of the molecule is C[C@H](Cn1cccn1)C(=O)N1CCN(Cc2ccccc2CO)CC1. The van der Waals surface area contributed by atoms with Gasteiger partial charge in [-0.3, -0.25) is 14.4 Å². The van der Waals surface area contributed by atoms with Crippen LogP contribution in [-0.2, 0) is 24.5 Å². The molecule has 134 valence electrons. The lowest BCUT2D eigenvalue weighted by atomic mass is 10.1. The predicted molar refractivity (Wildman–Crippen MR) is 95.6 cm³/mol. The summed E-state index contributed by atoms with van der Waals surface area (Å²) in [5, 5.41) is 13.6. The lowest BCUT2D eigenvalue weighted by Crippen LogP contribution is -2.50. The molecule has 0 saturated carbocycles. The number of carbonyl (C=O) groups is 1. The van der Waals surface area contributed by atoms with Crippen molar-refractivity contribution < 1.29 is 9.90 Å². The van der Waals surface area contributed by atoms with E-state index in [0.717, 1.165) is 43.9 Å². The van der Waals surface area contributed by atoms with Crippen LogP contribution in [0.4, 0.5) is 0 Å². The maximum absolute atomic E-state index is 12.6. The van der Waals surface area contributed by atoms with Crippen molar-refractivity contribution in [1.82, 2.24) is 19.6 Å². The largest absolute Gasteiger partial charge is 0.392 e. The molecule has 6 nitrogen and oxygen atoms in total. The average molecular weight is 342 g/mol. The van der Waals surface area contributed by atoms with Crippen molar-refractivity contribution in [3.8, 4) is 0 Å². The van der Waals surface area contributed by atoms with Crippen LogP contribution in [0.5, 0.6) is 0 Å². The Kier molecular flexibility index (Phi) is 5.83. The van der Waals surface area contributed by atoms with Crippen molar-refractivity contribution in [2.24, 2.45) is 5.92 Å². The lowest BCUT2D eigenvalue weighted by Gasteiger charge is -2.36. The van der Waals surface area contributed by atoms with Crippen molar-refractivity contribution in [1.29, 1.82) is 0 Å². The van der Waals surface area contributed by atoms with E-state index in [2.05, 4.69) is 16.1 Å². The van der Waals surface area contributed by atoms with Gasteiger partial charge in [-0.25, -0.2) is 0 Å². The maximum atomic E-state index is 12.6. The highest BCUT2D eigenvalue weighted by Gasteiger charge is 2.25. The molecule has 1 amide bonds. The molecule has 2 heterocycles. The second-order valence-corrected chi connectivity index (χ2v) is 6.66. The van der Waals surface area contributed by atoms with Gasteiger partial charge in [0.1, 0.15) is 0 Å². The number of rotatable bonds is 6. The summed E-state index contributed by atoms with van der Waals surface area (Å²) in [6.45, 7) is 6.71. The molecule has 0 spiro atoms. The van der Waals surface area contributed by atoms with E-state index in [-0.39, 0.29) is 18.4 Å². The topological polar surface area (TPSA) is 61.6 Å². The van der Waals surface area contributed by atoms with Crippen LogP contribution in [0.25, 0.3) is 0 Å². The summed E-state index contributed by atoms with van der Waals surface area (Å²) in [6.07, 6.45) is 3.63. The van der Waals surface area contributed by atoms with Gasteiger partial charge in [0.2, 0.25) is 5.91 Å². The van der Waals surface area contributed by atoms with Crippen molar-refractivity contribution in [3.05, 3.63) is 53.9 Å². The molecule has 1 aromatic carbocycles. The molecule has 0 bridgehead atoms. The van der Waals surface area contributed by atoms with Crippen LogP contribution in [0.3, 0.4) is 0 Å². The van der Waals surface area contributed by atoms with Crippen molar-refractivity contribution in [3.63, 3.8) is 0 Å². The van der Waals surface area contributed by atoms with Crippen LogP contribution in [-0.4, -0.2) is 56.8 Å². The Hall–Kier alpha value is -2.18. The van der Waals surface area contributed by atoms with Crippen LogP contribution in [0.2, 0.25) is 0 Å². The minimum absolute atomic E-state index is 0.0680. The molecule has 1 atom stereocenters. The maximum Gasteiger partial charge on any atom is 0.227 e. The average Bonchev–Trinajstić information content (AvgIpc) is 3.15. The second-order valence-electron chi connectivity index (χ2n) is 6.66. The van der Waals surface area contributed by atoms with Crippen LogP contribution >= 0.6 is 0 Å². The summed E-state index contributed by atoms with van der Waals surface area (Å²) in [6, 6.07) is 9.86. The van der Waals surface area contributed by atoms with Crippen molar-refractivity contribution in [2.75, 3.05) is 26.2 Å². The van der Waals surface area contributed by atoms with Gasteiger partial charge in [-0.2, -0.15) is 5.10 Å². The smallest absolute Gasteiger partial charge is 0.227 e. The molecule has 1 saturated heterocycles. The molecule has 25 heavy (non-hydrogen) atoms. The Balaban J connectivity index is 1.50. The Bertz CT molecular complexity index is 678. The van der Waals surface area contributed by atoms with Gasteiger partial charge in [-0.05, 0) is 17.2 Å². The highest BCUT2D eigenvalue weighted by atomic mass is 16.3. The zero-order chi connectivity index (χ0) is 17.6. The number of aromatic nitrogens is 2. The minimum Gasteiger partial charge on any atom is -0.392 e. The van der Waals surface area contributed by atoms with E-state index >= 15 is 0 Å². The molecular weight excluding hydrogens is 316 g/mol. The first kappa shape index (κ1) is 17.6. The van der Waals surface area contributed by atoms with Gasteiger partial charge in [0.15, 0.2) is 0 Å². The van der Waals surface area contributed by atoms with E-state index in [0.29, 0.717) is 6.54 Å². The third kappa shape index (κ3) is 4.46. The van der Waals surface area contributed by atoms with Crippen LogP contribution in [0, 0.1) is 5.92 Å². The van der Waals surface area contributed by atoms with Gasteiger partial charge in [0.05, 0.1) is 19.1 Å². The fraction of sp³-hybridized carbons (Fsp3) is 0.474. The summed E-state index contributed by atoms with van der Waals surface area (Å²) in [7, 11) is 0. The van der Waals surface area contributed by atoms with Crippen LogP contribution < -0.4 is 0 Å². The van der Waals surface area contributed by atoms with Gasteiger partial charge < -0.3 is 10.0 Å². The van der Waals surface area contributed by atoms with E-state index in [4.69, 9.17) is 0 Å². The molecule has 1 N–H and O–H groups in total. The second kappa shape index (κ2) is 8.27. The molecule has 0 aliphatic carbocycles. The molecular formula is C19H26N4O2. The first-order valence-corrected chi connectivity index (χ1v) is 8.83. The third-order valence-electron chi connectivity index (χ3n) is 4.81. The number of nitrogens with zero attached hydrogens (tertiary/aromatic N) is 4. The number of hydrogen-bond donors (Lipinski definition) is 1. The molecule has 1 aromatic heterocycles. The summed E-state index contributed by atoms with van der Waals surface area (Å²) in [5.74, 6) is 0.132. The van der Waals surface area contributed by atoms with Crippen molar-refractivity contribution in [2.45, 2.75) is 26.6 Å². The minimum atomic E-state index is -0.0680. The summed E-state index contributed by atoms with van der Waals surface area (Å²) in [4.78, 5) is 16.9. The van der Waals surface area contributed by atoms with Gasteiger partial charge in [-0.15, -0.1) is 0 Å². The highest BCUT2D eigenvalue weighted by molar-refractivity contribution is 5.78. The Morgan fingerprint density at radius 3 is 2.52 bits per heavy atom. The standard InChI is InChI=1S/C19H26N4O2/c1-16(13-23-8-4-7-20-23)19(25)22-11-9-21(10-12-22)14-17-5-2-3-6-18(17)15-24/h2-8,16,24H,9-15H2,1H3/t16-/m1/s1. The fourth-order valence-corrected chi connectivity index (χ4v) is 3.31. The number of hydrogen-bond acceptors (Lipinski definition) is 4. The van der Waals surface area contributed by atoms with Gasteiger partial charge in [0.25, 0.3) is 0 Å². The number of carbonyl (C=O) groups excluding carboxylic acids is 1. The first-order valence-electron chi connectivity index (χ1n) is 8.83. The van der Waals surface area contributed by atoms with E-state index in [1.807, 2.05) is 47.0 Å². The number of amides is 1. The summed E-state index contributed by atoms with van der Waals surface area (Å²) in [5.41, 5.74) is 2.14. The highest BCUT2D eigenvalue weighted by Crippen LogP contribution is 2.15. The Labute approximate surface area is 148 Å². The molecule has 1 aliphatic heterocycles. The number of piperazine rings is 1. The zero-order valence-electron chi connectivity index (χ0n) is 14.7.